The van der Waals surface area contributed by atoms with Crippen LogP contribution >= 0.6 is 11.8 Å². The number of carboxylic acid groups (broad SMARTS) is 1. The average molecular weight is 347 g/mol. The summed E-state index contributed by atoms with van der Waals surface area (Å²) in [5.41, 5.74) is 1.70. The fraction of sp³-hybridized carbons (Fsp3) is 0.353. The van der Waals surface area contributed by atoms with Crippen molar-refractivity contribution in [3.8, 4) is 0 Å². The Labute approximate surface area is 145 Å². The van der Waals surface area contributed by atoms with Crippen molar-refractivity contribution in [2.75, 3.05) is 6.26 Å². The van der Waals surface area contributed by atoms with Gasteiger partial charge in [-0.25, -0.2) is 9.78 Å². The number of carbonyl (C=O) groups is 2. The molecule has 2 N–H and O–H groups in total. The molecule has 0 spiro atoms. The van der Waals surface area contributed by atoms with Gasteiger partial charge in [-0.15, -0.1) is 0 Å². The highest BCUT2D eigenvalue weighted by Crippen LogP contribution is 2.18. The number of carbonyl (C=O) groups excluding carboxylic acids is 1. The van der Waals surface area contributed by atoms with Gasteiger partial charge in [0.2, 0.25) is 5.91 Å². The lowest BCUT2D eigenvalue weighted by atomic mass is 10.2. The van der Waals surface area contributed by atoms with Gasteiger partial charge in [-0.05, 0) is 31.7 Å². The van der Waals surface area contributed by atoms with Gasteiger partial charge in [-0.1, -0.05) is 24.3 Å². The molecular formula is C17H21N3O3S. The molecule has 1 aromatic carbocycles. The molecule has 0 saturated heterocycles. The topological polar surface area (TPSA) is 84.2 Å². The fourth-order valence-corrected chi connectivity index (χ4v) is 2.90. The van der Waals surface area contributed by atoms with Crippen LogP contribution in [0.5, 0.6) is 0 Å². The molecule has 24 heavy (non-hydrogen) atoms. The zero-order valence-electron chi connectivity index (χ0n) is 13.7. The first-order valence-corrected chi connectivity index (χ1v) is 9.02. The van der Waals surface area contributed by atoms with Gasteiger partial charge in [-0.3, -0.25) is 4.79 Å². The van der Waals surface area contributed by atoms with E-state index in [1.807, 2.05) is 42.0 Å². The lowest BCUT2D eigenvalue weighted by Crippen LogP contribution is -2.42. The first-order valence-electron chi connectivity index (χ1n) is 7.63. The number of hydrogen-bond acceptors (Lipinski definition) is 4. The molecule has 128 valence electrons. The maximum absolute atomic E-state index is 12.3. The lowest BCUT2D eigenvalue weighted by molar-refractivity contribution is -0.141. The normalized spacial score (nSPS) is 12.6. The Morgan fingerprint density at radius 3 is 2.83 bits per heavy atom. The van der Waals surface area contributed by atoms with E-state index in [9.17, 15) is 14.7 Å². The molecule has 1 amide bonds. The highest BCUT2D eigenvalue weighted by Gasteiger charge is 2.20. The van der Waals surface area contributed by atoms with Gasteiger partial charge in [0.25, 0.3) is 0 Å². The molecule has 0 aliphatic heterocycles. The highest BCUT2D eigenvalue weighted by molar-refractivity contribution is 7.97. The molecule has 6 nitrogen and oxygen atoms in total. The van der Waals surface area contributed by atoms with Crippen molar-refractivity contribution >= 4 is 34.7 Å². The predicted octanol–water partition coefficient (Wildman–Crippen LogP) is 2.43. The molecule has 2 rings (SSSR count). The summed E-state index contributed by atoms with van der Waals surface area (Å²) >= 11 is 1.62. The third-order valence-corrected chi connectivity index (χ3v) is 4.10. The zero-order valence-corrected chi connectivity index (χ0v) is 14.5. The van der Waals surface area contributed by atoms with Gasteiger partial charge in [0, 0.05) is 0 Å². The van der Waals surface area contributed by atoms with Crippen molar-refractivity contribution in [3.05, 3.63) is 42.2 Å². The van der Waals surface area contributed by atoms with Crippen LogP contribution in [0.25, 0.3) is 11.0 Å². The molecule has 1 heterocycles. The van der Waals surface area contributed by atoms with Gasteiger partial charge in [-0.2, -0.15) is 11.8 Å². The van der Waals surface area contributed by atoms with Crippen molar-refractivity contribution in [2.45, 2.75) is 31.7 Å². The molecule has 1 aromatic heterocycles. The van der Waals surface area contributed by atoms with Gasteiger partial charge in [0.05, 0.1) is 16.8 Å². The zero-order chi connectivity index (χ0) is 17.5. The third-order valence-electron chi connectivity index (χ3n) is 3.55. The number of imidazole rings is 1. The number of aliphatic carboxylic acids is 1. The van der Waals surface area contributed by atoms with Crippen LogP contribution in [0.15, 0.2) is 36.4 Å². The number of aromatic nitrogens is 2. The van der Waals surface area contributed by atoms with Gasteiger partial charge in [0.15, 0.2) is 0 Å². The summed E-state index contributed by atoms with van der Waals surface area (Å²) < 4.78 is 1.84. The molecule has 2 aromatic rings. The number of benzene rings is 1. The van der Waals surface area contributed by atoms with E-state index >= 15 is 0 Å². The number of nitrogens with one attached hydrogen (secondary N) is 1. The number of para-hydroxylation sites is 2. The average Bonchev–Trinajstić information content (AvgIpc) is 2.89. The third kappa shape index (κ3) is 4.38. The van der Waals surface area contributed by atoms with E-state index in [0.29, 0.717) is 5.75 Å². The fourth-order valence-electron chi connectivity index (χ4n) is 2.42. The second kappa shape index (κ2) is 8.54. The van der Waals surface area contributed by atoms with Crippen molar-refractivity contribution in [3.63, 3.8) is 0 Å². The number of thioether (sulfide) groups is 1. The van der Waals surface area contributed by atoms with Crippen LogP contribution in [0.4, 0.5) is 0 Å². The Morgan fingerprint density at radius 2 is 2.17 bits per heavy atom. The maximum atomic E-state index is 12.3. The van der Waals surface area contributed by atoms with E-state index in [2.05, 4.69) is 10.3 Å². The Morgan fingerprint density at radius 1 is 1.42 bits per heavy atom. The van der Waals surface area contributed by atoms with Crippen LogP contribution in [0, 0.1) is 0 Å². The standard InChI is InChI=1S/C17H21N3O3S/c1-3-4-7-13(17(22)23)19-16(21)10-20-14-9-6-5-8-12(14)18-15(20)11-24-2/h3-6,8-9,13H,7,10-11H2,1-2H3,(H,19,21)(H,22,23)/b4-3+. The number of fused-ring (bicyclic) bond motifs is 1. The van der Waals surface area contributed by atoms with E-state index in [4.69, 9.17) is 0 Å². The summed E-state index contributed by atoms with van der Waals surface area (Å²) in [4.78, 5) is 28.1. The van der Waals surface area contributed by atoms with Crippen molar-refractivity contribution in [2.24, 2.45) is 0 Å². The molecule has 0 aliphatic carbocycles. The van der Waals surface area contributed by atoms with E-state index in [1.165, 1.54) is 0 Å². The SMILES string of the molecule is C/C=C/CC(NC(=O)Cn1c(CSC)nc2ccccc21)C(=O)O. The van der Waals surface area contributed by atoms with Crippen molar-refractivity contribution < 1.29 is 14.7 Å². The van der Waals surface area contributed by atoms with E-state index in [1.54, 1.807) is 23.9 Å². The molecule has 1 atom stereocenters. The van der Waals surface area contributed by atoms with Crippen molar-refractivity contribution in [1.29, 1.82) is 0 Å². The molecule has 7 heteroatoms. The number of hydrogen-bond donors (Lipinski definition) is 2. The first kappa shape index (κ1) is 18.1. The van der Waals surface area contributed by atoms with E-state index < -0.39 is 12.0 Å². The van der Waals surface area contributed by atoms with Gasteiger partial charge < -0.3 is 15.0 Å². The predicted molar refractivity (Wildman–Crippen MR) is 95.9 cm³/mol. The first-order chi connectivity index (χ1) is 11.6. The molecule has 0 saturated carbocycles. The van der Waals surface area contributed by atoms with Crippen molar-refractivity contribution in [1.82, 2.24) is 14.9 Å². The van der Waals surface area contributed by atoms with Crippen LogP contribution in [0.2, 0.25) is 0 Å². The second-order valence-electron chi connectivity index (χ2n) is 5.30. The Bertz CT molecular complexity index is 755. The van der Waals surface area contributed by atoms with Crippen LogP contribution in [0.3, 0.4) is 0 Å². The Balaban J connectivity index is 2.20. The second-order valence-corrected chi connectivity index (χ2v) is 6.17. The minimum absolute atomic E-state index is 0.0516. The molecular weight excluding hydrogens is 326 g/mol. The van der Waals surface area contributed by atoms with Crippen LogP contribution in [-0.2, 0) is 21.9 Å². The number of nitrogens with zero attached hydrogens (tertiary/aromatic N) is 2. The summed E-state index contributed by atoms with van der Waals surface area (Å²) in [6.07, 6.45) is 5.73. The number of rotatable bonds is 8. The summed E-state index contributed by atoms with van der Waals surface area (Å²) in [7, 11) is 0. The Kier molecular flexibility index (Phi) is 6.43. The minimum atomic E-state index is -1.04. The summed E-state index contributed by atoms with van der Waals surface area (Å²) in [6, 6.07) is 6.69. The van der Waals surface area contributed by atoms with Crippen LogP contribution in [-0.4, -0.2) is 38.8 Å². The monoisotopic (exact) mass is 347 g/mol. The lowest BCUT2D eigenvalue weighted by Gasteiger charge is -2.14. The number of carboxylic acids is 1. The summed E-state index contributed by atoms with van der Waals surface area (Å²) in [5.74, 6) is 0.112. The quantitative estimate of drug-likeness (QED) is 0.717. The number of amides is 1. The minimum Gasteiger partial charge on any atom is -0.480 e. The van der Waals surface area contributed by atoms with Crippen LogP contribution in [0.1, 0.15) is 19.2 Å². The summed E-state index contributed by atoms with van der Waals surface area (Å²) in [5, 5.41) is 11.8. The van der Waals surface area contributed by atoms with Gasteiger partial charge in [0.1, 0.15) is 18.4 Å². The molecule has 1 unspecified atom stereocenters. The largest absolute Gasteiger partial charge is 0.480 e. The molecule has 0 aliphatic rings. The Hall–Kier alpha value is -2.28. The molecule has 0 bridgehead atoms. The smallest absolute Gasteiger partial charge is 0.326 e. The maximum Gasteiger partial charge on any atom is 0.326 e. The highest BCUT2D eigenvalue weighted by atomic mass is 32.2. The van der Waals surface area contributed by atoms with Gasteiger partial charge >= 0.3 is 5.97 Å². The molecule has 0 radical (unpaired) electrons. The van der Waals surface area contributed by atoms with E-state index in [-0.39, 0.29) is 18.9 Å². The molecule has 0 fully saturated rings. The van der Waals surface area contributed by atoms with Crippen LogP contribution < -0.4 is 5.32 Å². The van der Waals surface area contributed by atoms with E-state index in [0.717, 1.165) is 16.9 Å². The number of allylic oxidation sites excluding steroid dienone is 1. The summed E-state index contributed by atoms with van der Waals surface area (Å²) in [6.45, 7) is 1.86.